The van der Waals surface area contributed by atoms with Gasteiger partial charge in [-0.05, 0) is 37.9 Å². The minimum Gasteiger partial charge on any atom is -0.318 e. The van der Waals surface area contributed by atoms with Crippen LogP contribution in [0.1, 0.15) is 17.4 Å². The summed E-state index contributed by atoms with van der Waals surface area (Å²) in [5, 5.41) is 4.41. The van der Waals surface area contributed by atoms with Gasteiger partial charge >= 0.3 is 0 Å². The second kappa shape index (κ2) is 5.77. The standard InChI is InChI=1S/C10H18N2O2S2/c1-8-4-5-15-10(8)7-12-16(13,14)9(2)6-11-3/h4-5,9,11-12H,6-7H2,1-3H3. The fourth-order valence-corrected chi connectivity index (χ4v) is 3.24. The van der Waals surface area contributed by atoms with Crippen LogP contribution in [0.4, 0.5) is 0 Å². The van der Waals surface area contributed by atoms with Crippen LogP contribution in [-0.4, -0.2) is 27.3 Å². The highest BCUT2D eigenvalue weighted by molar-refractivity contribution is 7.90. The molecule has 6 heteroatoms. The van der Waals surface area contributed by atoms with Crippen LogP contribution >= 0.6 is 11.3 Å². The highest BCUT2D eigenvalue weighted by atomic mass is 32.2. The molecule has 0 radical (unpaired) electrons. The molecule has 1 rings (SSSR count). The van der Waals surface area contributed by atoms with Gasteiger partial charge in [0.2, 0.25) is 10.0 Å². The summed E-state index contributed by atoms with van der Waals surface area (Å²) >= 11 is 1.57. The lowest BCUT2D eigenvalue weighted by molar-refractivity contribution is 0.563. The maximum absolute atomic E-state index is 11.8. The maximum atomic E-state index is 11.8. The average Bonchev–Trinajstić information content (AvgIpc) is 2.61. The molecule has 1 atom stereocenters. The molecule has 0 aliphatic rings. The second-order valence-corrected chi connectivity index (χ2v) is 6.95. The van der Waals surface area contributed by atoms with E-state index in [2.05, 4.69) is 10.0 Å². The summed E-state index contributed by atoms with van der Waals surface area (Å²) in [5.41, 5.74) is 1.13. The molecule has 92 valence electrons. The molecule has 0 aliphatic carbocycles. The summed E-state index contributed by atoms with van der Waals surface area (Å²) in [6, 6.07) is 1.99. The minimum absolute atomic E-state index is 0.389. The number of hydrogen-bond acceptors (Lipinski definition) is 4. The van der Waals surface area contributed by atoms with Gasteiger partial charge in [-0.25, -0.2) is 13.1 Å². The normalized spacial score (nSPS) is 13.9. The van der Waals surface area contributed by atoms with Gasteiger partial charge in [0.05, 0.1) is 5.25 Å². The Labute approximate surface area is 101 Å². The van der Waals surface area contributed by atoms with Crippen molar-refractivity contribution < 1.29 is 8.42 Å². The Balaban J connectivity index is 2.58. The van der Waals surface area contributed by atoms with Crippen molar-refractivity contribution in [2.24, 2.45) is 0 Å². The first-order valence-corrected chi connectivity index (χ1v) is 7.56. The third-order valence-electron chi connectivity index (χ3n) is 2.42. The van der Waals surface area contributed by atoms with Crippen molar-refractivity contribution in [3.05, 3.63) is 21.9 Å². The SMILES string of the molecule is CNCC(C)S(=O)(=O)NCc1sccc1C. The summed E-state index contributed by atoms with van der Waals surface area (Å²) in [7, 11) is -1.48. The molecule has 0 saturated carbocycles. The van der Waals surface area contributed by atoms with Gasteiger partial charge in [-0.1, -0.05) is 0 Å². The predicted octanol–water partition coefficient (Wildman–Crippen LogP) is 1.08. The van der Waals surface area contributed by atoms with Gasteiger partial charge in [0, 0.05) is 18.0 Å². The summed E-state index contributed by atoms with van der Waals surface area (Å²) in [6.07, 6.45) is 0. The van der Waals surface area contributed by atoms with Gasteiger partial charge in [-0.3, -0.25) is 0 Å². The summed E-state index contributed by atoms with van der Waals surface area (Å²) in [5.74, 6) is 0. The average molecular weight is 262 g/mol. The molecule has 0 saturated heterocycles. The van der Waals surface area contributed by atoms with Crippen molar-refractivity contribution in [2.45, 2.75) is 25.6 Å². The molecule has 0 aromatic carbocycles. The molecule has 1 aromatic rings. The monoisotopic (exact) mass is 262 g/mol. The highest BCUT2D eigenvalue weighted by Gasteiger charge is 2.19. The zero-order valence-electron chi connectivity index (χ0n) is 9.78. The van der Waals surface area contributed by atoms with E-state index in [0.29, 0.717) is 13.1 Å². The number of rotatable bonds is 6. The molecule has 16 heavy (non-hydrogen) atoms. The smallest absolute Gasteiger partial charge is 0.215 e. The van der Waals surface area contributed by atoms with Gasteiger partial charge in [-0.15, -0.1) is 11.3 Å². The number of hydrogen-bond donors (Lipinski definition) is 2. The van der Waals surface area contributed by atoms with E-state index < -0.39 is 15.3 Å². The molecule has 0 bridgehead atoms. The van der Waals surface area contributed by atoms with Gasteiger partial charge < -0.3 is 5.32 Å². The van der Waals surface area contributed by atoms with E-state index >= 15 is 0 Å². The quantitative estimate of drug-likeness (QED) is 0.806. The first-order chi connectivity index (χ1) is 7.47. The lowest BCUT2D eigenvalue weighted by atomic mass is 10.3. The lowest BCUT2D eigenvalue weighted by Gasteiger charge is -2.13. The zero-order valence-corrected chi connectivity index (χ0v) is 11.4. The van der Waals surface area contributed by atoms with E-state index in [4.69, 9.17) is 0 Å². The van der Waals surface area contributed by atoms with Crippen LogP contribution in [0.5, 0.6) is 0 Å². The topological polar surface area (TPSA) is 58.2 Å². The van der Waals surface area contributed by atoms with Crippen LogP contribution in [0, 0.1) is 6.92 Å². The first kappa shape index (κ1) is 13.6. The van der Waals surface area contributed by atoms with Crippen molar-refractivity contribution in [1.82, 2.24) is 10.0 Å². The van der Waals surface area contributed by atoms with E-state index in [1.165, 1.54) is 0 Å². The predicted molar refractivity (Wildman–Crippen MR) is 68.2 cm³/mol. The number of nitrogens with one attached hydrogen (secondary N) is 2. The van der Waals surface area contributed by atoms with Gasteiger partial charge in [0.15, 0.2) is 0 Å². The van der Waals surface area contributed by atoms with Crippen molar-refractivity contribution in [3.8, 4) is 0 Å². The van der Waals surface area contributed by atoms with Gasteiger partial charge in [0.1, 0.15) is 0 Å². The Bertz CT molecular complexity index is 426. The molecule has 0 fully saturated rings. The van der Waals surface area contributed by atoms with Crippen LogP contribution < -0.4 is 10.0 Å². The third-order valence-corrected chi connectivity index (χ3v) is 5.22. The molecule has 2 N–H and O–H groups in total. The van der Waals surface area contributed by atoms with Crippen molar-refractivity contribution in [2.75, 3.05) is 13.6 Å². The van der Waals surface area contributed by atoms with Crippen LogP contribution in [-0.2, 0) is 16.6 Å². The molecular weight excluding hydrogens is 244 g/mol. The lowest BCUT2D eigenvalue weighted by Crippen LogP contribution is -2.37. The van der Waals surface area contributed by atoms with E-state index in [0.717, 1.165) is 10.4 Å². The van der Waals surface area contributed by atoms with E-state index in [9.17, 15) is 8.42 Å². The number of aryl methyl sites for hydroxylation is 1. The van der Waals surface area contributed by atoms with E-state index in [1.54, 1.807) is 25.3 Å². The second-order valence-electron chi connectivity index (χ2n) is 3.76. The van der Waals surface area contributed by atoms with Crippen LogP contribution in [0.2, 0.25) is 0 Å². The van der Waals surface area contributed by atoms with Crippen LogP contribution in [0.25, 0.3) is 0 Å². The summed E-state index contributed by atoms with van der Waals surface area (Å²) in [4.78, 5) is 1.07. The fraction of sp³-hybridized carbons (Fsp3) is 0.600. The maximum Gasteiger partial charge on any atom is 0.215 e. The van der Waals surface area contributed by atoms with Crippen molar-refractivity contribution in [3.63, 3.8) is 0 Å². The van der Waals surface area contributed by atoms with Crippen LogP contribution in [0.3, 0.4) is 0 Å². The summed E-state index contributed by atoms with van der Waals surface area (Å²) < 4.78 is 26.2. The fourth-order valence-electron chi connectivity index (χ4n) is 1.29. The van der Waals surface area contributed by atoms with Crippen molar-refractivity contribution in [1.29, 1.82) is 0 Å². The Morgan fingerprint density at radius 1 is 1.50 bits per heavy atom. The Morgan fingerprint density at radius 2 is 2.19 bits per heavy atom. The summed E-state index contributed by atoms with van der Waals surface area (Å²) in [6.45, 7) is 4.52. The van der Waals surface area contributed by atoms with Crippen molar-refractivity contribution >= 4 is 21.4 Å². The molecule has 0 spiro atoms. The molecule has 1 heterocycles. The van der Waals surface area contributed by atoms with Crippen LogP contribution in [0.15, 0.2) is 11.4 Å². The highest BCUT2D eigenvalue weighted by Crippen LogP contribution is 2.15. The minimum atomic E-state index is -3.22. The molecule has 4 nitrogen and oxygen atoms in total. The van der Waals surface area contributed by atoms with E-state index in [1.807, 2.05) is 18.4 Å². The first-order valence-electron chi connectivity index (χ1n) is 5.13. The Kier molecular flexibility index (Phi) is 4.91. The molecule has 0 aliphatic heterocycles. The van der Waals surface area contributed by atoms with Gasteiger partial charge in [-0.2, -0.15) is 0 Å². The molecular formula is C10H18N2O2S2. The zero-order chi connectivity index (χ0) is 12.2. The molecule has 1 aromatic heterocycles. The number of thiophene rings is 1. The van der Waals surface area contributed by atoms with Gasteiger partial charge in [0.25, 0.3) is 0 Å². The molecule has 1 unspecified atom stereocenters. The largest absolute Gasteiger partial charge is 0.318 e. The third kappa shape index (κ3) is 3.55. The van der Waals surface area contributed by atoms with E-state index in [-0.39, 0.29) is 0 Å². The Hall–Kier alpha value is -0.430. The molecule has 0 amide bonds. The number of sulfonamides is 1. The Morgan fingerprint density at radius 3 is 2.69 bits per heavy atom.